The normalized spacial score (nSPS) is 13.7. The predicted octanol–water partition coefficient (Wildman–Crippen LogP) is 4.06. The molecule has 0 saturated heterocycles. The minimum atomic E-state index is -4.14. The molecule has 1 aromatic rings. The van der Waals surface area contributed by atoms with Gasteiger partial charge in [-0.1, -0.05) is 6.07 Å². The molecule has 102 valence electrons. The van der Waals surface area contributed by atoms with Gasteiger partial charge in [0.1, 0.15) is 5.82 Å². The Bertz CT molecular complexity index is 392. The molecule has 1 atom stereocenters. The minimum Gasteiger partial charge on any atom is -0.317 e. The van der Waals surface area contributed by atoms with E-state index in [1.54, 1.807) is 19.2 Å². The van der Waals surface area contributed by atoms with Crippen LogP contribution in [0, 0.1) is 5.82 Å². The highest BCUT2D eigenvalue weighted by Crippen LogP contribution is 2.24. The molecule has 1 nitrogen and oxygen atoms in total. The summed E-state index contributed by atoms with van der Waals surface area (Å²) < 4.78 is 49.7. The van der Waals surface area contributed by atoms with E-state index < -0.39 is 12.6 Å². The Kier molecular flexibility index (Phi) is 5.59. The maximum absolute atomic E-state index is 13.0. The SMILES string of the molecule is CNC(CCC(F)(F)F)Cc1ccc(F)c(Br)c1. The summed E-state index contributed by atoms with van der Waals surface area (Å²) in [5.74, 6) is -0.380. The van der Waals surface area contributed by atoms with Gasteiger partial charge in [-0.05, 0) is 53.5 Å². The van der Waals surface area contributed by atoms with Crippen molar-refractivity contribution in [1.29, 1.82) is 0 Å². The van der Waals surface area contributed by atoms with Crippen molar-refractivity contribution in [2.45, 2.75) is 31.5 Å². The molecule has 0 aliphatic carbocycles. The predicted molar refractivity (Wildman–Crippen MR) is 65.9 cm³/mol. The van der Waals surface area contributed by atoms with Crippen LogP contribution in [-0.2, 0) is 6.42 Å². The first-order chi connectivity index (χ1) is 8.31. The summed E-state index contributed by atoms with van der Waals surface area (Å²) in [6.07, 6.45) is -4.51. The Hall–Kier alpha value is -0.620. The molecule has 0 saturated carbocycles. The van der Waals surface area contributed by atoms with Crippen LogP contribution in [0.1, 0.15) is 18.4 Å². The molecule has 1 aromatic carbocycles. The first-order valence-electron chi connectivity index (χ1n) is 5.50. The van der Waals surface area contributed by atoms with Crippen LogP contribution in [0.2, 0.25) is 0 Å². The molecule has 1 N–H and O–H groups in total. The van der Waals surface area contributed by atoms with Gasteiger partial charge in [-0.25, -0.2) is 4.39 Å². The molecular formula is C12H14BrF4N. The second-order valence-electron chi connectivity index (χ2n) is 4.09. The standard InChI is InChI=1S/C12H14BrF4N/c1-18-9(4-5-12(15,16)17)6-8-2-3-11(14)10(13)7-8/h2-3,7,9,18H,4-6H2,1H3. The number of benzene rings is 1. The maximum Gasteiger partial charge on any atom is 0.389 e. The van der Waals surface area contributed by atoms with Crippen molar-refractivity contribution in [3.05, 3.63) is 34.1 Å². The van der Waals surface area contributed by atoms with Gasteiger partial charge in [0, 0.05) is 12.5 Å². The van der Waals surface area contributed by atoms with Gasteiger partial charge in [-0.3, -0.25) is 0 Å². The third-order valence-electron chi connectivity index (χ3n) is 2.65. The molecule has 0 aromatic heterocycles. The molecule has 0 radical (unpaired) electrons. The Morgan fingerprint density at radius 3 is 2.50 bits per heavy atom. The second-order valence-corrected chi connectivity index (χ2v) is 4.95. The lowest BCUT2D eigenvalue weighted by atomic mass is 10.0. The van der Waals surface area contributed by atoms with Crippen LogP contribution in [0.25, 0.3) is 0 Å². The van der Waals surface area contributed by atoms with E-state index in [4.69, 9.17) is 0 Å². The minimum absolute atomic E-state index is 0.00892. The van der Waals surface area contributed by atoms with Crippen molar-refractivity contribution >= 4 is 15.9 Å². The first kappa shape index (κ1) is 15.4. The molecule has 0 aliphatic heterocycles. The number of likely N-dealkylation sites (N-methyl/N-ethyl adjacent to an activating group) is 1. The van der Waals surface area contributed by atoms with Crippen LogP contribution in [0.4, 0.5) is 17.6 Å². The Balaban J connectivity index is 2.59. The molecule has 0 spiro atoms. The van der Waals surface area contributed by atoms with Gasteiger partial charge >= 0.3 is 6.18 Å². The van der Waals surface area contributed by atoms with Crippen LogP contribution in [0.5, 0.6) is 0 Å². The number of nitrogens with one attached hydrogen (secondary N) is 1. The highest BCUT2D eigenvalue weighted by atomic mass is 79.9. The maximum atomic E-state index is 13.0. The van der Waals surface area contributed by atoms with Gasteiger partial charge in [0.25, 0.3) is 0 Å². The molecular weight excluding hydrogens is 314 g/mol. The van der Waals surface area contributed by atoms with E-state index in [0.29, 0.717) is 10.9 Å². The summed E-state index contributed by atoms with van der Waals surface area (Å²) in [6, 6.07) is 4.20. The first-order valence-corrected chi connectivity index (χ1v) is 6.29. The van der Waals surface area contributed by atoms with E-state index >= 15 is 0 Å². The average molecular weight is 328 g/mol. The lowest BCUT2D eigenvalue weighted by Gasteiger charge is -2.17. The number of alkyl halides is 3. The van der Waals surface area contributed by atoms with Crippen molar-refractivity contribution in [2.75, 3.05) is 7.05 Å². The molecule has 1 rings (SSSR count). The molecule has 0 bridgehead atoms. The highest BCUT2D eigenvalue weighted by molar-refractivity contribution is 9.10. The second kappa shape index (κ2) is 6.52. The van der Waals surface area contributed by atoms with Gasteiger partial charge in [-0.2, -0.15) is 13.2 Å². The molecule has 6 heteroatoms. The molecule has 0 amide bonds. The van der Waals surface area contributed by atoms with E-state index in [1.165, 1.54) is 6.07 Å². The number of rotatable bonds is 5. The van der Waals surface area contributed by atoms with Gasteiger partial charge in [0.05, 0.1) is 4.47 Å². The molecule has 1 unspecified atom stereocenters. The number of hydrogen-bond acceptors (Lipinski definition) is 1. The summed E-state index contributed by atoms with van der Waals surface area (Å²) in [5, 5.41) is 2.85. The van der Waals surface area contributed by atoms with Crippen LogP contribution >= 0.6 is 15.9 Å². The zero-order valence-electron chi connectivity index (χ0n) is 9.82. The highest BCUT2D eigenvalue weighted by Gasteiger charge is 2.28. The Labute approximate surface area is 112 Å². The topological polar surface area (TPSA) is 12.0 Å². The van der Waals surface area contributed by atoms with Gasteiger partial charge in [0.15, 0.2) is 0 Å². The molecule has 0 fully saturated rings. The monoisotopic (exact) mass is 327 g/mol. The van der Waals surface area contributed by atoms with Crippen LogP contribution < -0.4 is 5.32 Å². The van der Waals surface area contributed by atoms with Crippen molar-refractivity contribution < 1.29 is 17.6 Å². The third kappa shape index (κ3) is 5.35. The van der Waals surface area contributed by atoms with E-state index in [0.717, 1.165) is 5.56 Å². The molecule has 0 heterocycles. The van der Waals surface area contributed by atoms with Crippen molar-refractivity contribution in [1.82, 2.24) is 5.32 Å². The van der Waals surface area contributed by atoms with E-state index in [9.17, 15) is 17.6 Å². The van der Waals surface area contributed by atoms with Crippen LogP contribution in [0.15, 0.2) is 22.7 Å². The lowest BCUT2D eigenvalue weighted by Crippen LogP contribution is -2.29. The summed E-state index contributed by atoms with van der Waals surface area (Å²) >= 11 is 3.05. The van der Waals surface area contributed by atoms with E-state index in [2.05, 4.69) is 21.2 Å². The van der Waals surface area contributed by atoms with Crippen LogP contribution in [-0.4, -0.2) is 19.3 Å². The number of halogens is 5. The summed E-state index contributed by atoms with van der Waals surface area (Å²) in [5.41, 5.74) is 0.796. The smallest absolute Gasteiger partial charge is 0.317 e. The number of hydrogen-bond donors (Lipinski definition) is 1. The lowest BCUT2D eigenvalue weighted by molar-refractivity contribution is -0.136. The zero-order valence-corrected chi connectivity index (χ0v) is 11.4. The fourth-order valence-electron chi connectivity index (χ4n) is 1.64. The van der Waals surface area contributed by atoms with E-state index in [-0.39, 0.29) is 18.3 Å². The summed E-state index contributed by atoms with van der Waals surface area (Å²) in [7, 11) is 1.62. The summed E-state index contributed by atoms with van der Waals surface area (Å²) in [4.78, 5) is 0. The quantitative estimate of drug-likeness (QED) is 0.804. The fraction of sp³-hybridized carbons (Fsp3) is 0.500. The van der Waals surface area contributed by atoms with Gasteiger partial charge in [-0.15, -0.1) is 0 Å². The molecule has 18 heavy (non-hydrogen) atoms. The molecule has 0 aliphatic rings. The van der Waals surface area contributed by atoms with Gasteiger partial charge in [0.2, 0.25) is 0 Å². The van der Waals surface area contributed by atoms with Crippen molar-refractivity contribution in [3.63, 3.8) is 0 Å². The van der Waals surface area contributed by atoms with E-state index in [1.807, 2.05) is 0 Å². The fourth-order valence-corrected chi connectivity index (χ4v) is 2.06. The van der Waals surface area contributed by atoms with Crippen molar-refractivity contribution in [2.24, 2.45) is 0 Å². The largest absolute Gasteiger partial charge is 0.389 e. The third-order valence-corrected chi connectivity index (χ3v) is 3.26. The van der Waals surface area contributed by atoms with Crippen molar-refractivity contribution in [3.8, 4) is 0 Å². The van der Waals surface area contributed by atoms with Crippen LogP contribution in [0.3, 0.4) is 0 Å². The van der Waals surface area contributed by atoms with Gasteiger partial charge < -0.3 is 5.32 Å². The Morgan fingerprint density at radius 1 is 1.33 bits per heavy atom. The summed E-state index contributed by atoms with van der Waals surface area (Å²) in [6.45, 7) is 0. The average Bonchev–Trinajstić information content (AvgIpc) is 2.28. The Morgan fingerprint density at radius 2 is 2.00 bits per heavy atom. The zero-order chi connectivity index (χ0) is 13.8.